The molecular weight excluding hydrogens is 228 g/mol. The average Bonchev–Trinajstić information content (AvgIpc) is 2.99. The second-order valence-electron chi connectivity index (χ2n) is 4.69. The molecule has 2 aliphatic rings. The summed E-state index contributed by atoms with van der Waals surface area (Å²) in [4.78, 5) is 5.58. The van der Waals surface area contributed by atoms with E-state index in [1.54, 1.807) is 0 Å². The van der Waals surface area contributed by atoms with Crippen LogP contribution in [0.15, 0.2) is 4.99 Å². The highest BCUT2D eigenvalue weighted by Gasteiger charge is 2.42. The number of rotatable bonds is 2. The Morgan fingerprint density at radius 3 is 2.53 bits per heavy atom. The molecule has 2 rings (SSSR count). The number of nitrogens with one attached hydrogen (secondary N) is 1. The lowest BCUT2D eigenvalue weighted by Gasteiger charge is -2.39. The standard InChI is InChI=1S/C10H17F2N5/c11-10(12)3-4-17(9(14)15)7(5-10)8(13)16-6-1-2-6/h6-7H,1-5H2,(H2,13,16)(H3,14,15). The fourth-order valence-corrected chi connectivity index (χ4v) is 1.99. The average molecular weight is 245 g/mol. The summed E-state index contributed by atoms with van der Waals surface area (Å²) in [7, 11) is 0. The van der Waals surface area contributed by atoms with E-state index in [-0.39, 0.29) is 30.8 Å². The third-order valence-electron chi connectivity index (χ3n) is 3.12. The van der Waals surface area contributed by atoms with Crippen LogP contribution < -0.4 is 11.5 Å². The van der Waals surface area contributed by atoms with Gasteiger partial charge < -0.3 is 16.4 Å². The van der Waals surface area contributed by atoms with Crippen molar-refractivity contribution in [3.63, 3.8) is 0 Å². The van der Waals surface area contributed by atoms with E-state index in [9.17, 15) is 8.78 Å². The SMILES string of the molecule is N=C(N)N1CCC(F)(F)CC1C(N)=NC1CC1. The Kier molecular flexibility index (Phi) is 2.92. The summed E-state index contributed by atoms with van der Waals surface area (Å²) in [6.45, 7) is 0.0495. The number of guanidine groups is 1. The molecule has 0 aromatic carbocycles. The molecule has 0 bridgehead atoms. The molecule has 0 aromatic rings. The van der Waals surface area contributed by atoms with Crippen LogP contribution in [0.25, 0.3) is 0 Å². The van der Waals surface area contributed by atoms with E-state index in [4.69, 9.17) is 16.9 Å². The van der Waals surface area contributed by atoms with Gasteiger partial charge in [-0.25, -0.2) is 8.78 Å². The molecule has 0 radical (unpaired) electrons. The first kappa shape index (κ1) is 12.1. The number of nitrogens with two attached hydrogens (primary N) is 2. The zero-order chi connectivity index (χ0) is 12.6. The van der Waals surface area contributed by atoms with Crippen molar-refractivity contribution in [3.05, 3.63) is 0 Å². The van der Waals surface area contributed by atoms with E-state index in [1.165, 1.54) is 4.90 Å². The van der Waals surface area contributed by atoms with Crippen molar-refractivity contribution in [2.24, 2.45) is 16.5 Å². The quantitative estimate of drug-likeness (QED) is 0.488. The lowest BCUT2D eigenvalue weighted by atomic mass is 9.98. The van der Waals surface area contributed by atoms with Crippen molar-refractivity contribution in [2.45, 2.75) is 43.7 Å². The Morgan fingerprint density at radius 2 is 2.00 bits per heavy atom. The summed E-state index contributed by atoms with van der Waals surface area (Å²) in [5.74, 6) is -2.79. The highest BCUT2D eigenvalue weighted by Crippen LogP contribution is 2.32. The van der Waals surface area contributed by atoms with Gasteiger partial charge in [0.25, 0.3) is 5.92 Å². The summed E-state index contributed by atoms with van der Waals surface area (Å²) < 4.78 is 26.7. The van der Waals surface area contributed by atoms with E-state index in [2.05, 4.69) is 4.99 Å². The number of alkyl halides is 2. The monoisotopic (exact) mass is 245 g/mol. The summed E-state index contributed by atoms with van der Waals surface area (Å²) in [6, 6.07) is -0.559. The van der Waals surface area contributed by atoms with E-state index in [0.29, 0.717) is 0 Å². The van der Waals surface area contributed by atoms with Crippen LogP contribution in [0, 0.1) is 5.41 Å². The molecule has 0 amide bonds. The Bertz CT molecular complexity index is 351. The molecule has 1 atom stereocenters. The fourth-order valence-electron chi connectivity index (χ4n) is 1.99. The number of amidine groups is 1. The van der Waals surface area contributed by atoms with Crippen LogP contribution in [0.3, 0.4) is 0 Å². The van der Waals surface area contributed by atoms with E-state index in [0.717, 1.165) is 12.8 Å². The molecular formula is C10H17F2N5. The van der Waals surface area contributed by atoms with Crippen LogP contribution in [-0.2, 0) is 0 Å². The Balaban J connectivity index is 2.15. The molecule has 17 heavy (non-hydrogen) atoms. The summed E-state index contributed by atoms with van der Waals surface area (Å²) >= 11 is 0. The zero-order valence-corrected chi connectivity index (χ0v) is 9.50. The molecule has 2 fully saturated rings. The predicted molar refractivity (Wildman–Crippen MR) is 61.2 cm³/mol. The molecule has 1 aliphatic carbocycles. The van der Waals surface area contributed by atoms with Crippen molar-refractivity contribution in [1.29, 1.82) is 5.41 Å². The lowest BCUT2D eigenvalue weighted by molar-refractivity contribution is -0.0527. The van der Waals surface area contributed by atoms with Gasteiger partial charge in [0.15, 0.2) is 5.96 Å². The first-order valence-corrected chi connectivity index (χ1v) is 5.71. The third-order valence-corrected chi connectivity index (χ3v) is 3.12. The summed E-state index contributed by atoms with van der Waals surface area (Å²) in [5.41, 5.74) is 11.1. The normalized spacial score (nSPS) is 29.2. The summed E-state index contributed by atoms with van der Waals surface area (Å²) in [6.07, 6.45) is 1.22. The van der Waals surface area contributed by atoms with Crippen molar-refractivity contribution in [2.75, 3.05) is 6.54 Å². The second kappa shape index (κ2) is 4.12. The van der Waals surface area contributed by atoms with Gasteiger partial charge in [0.2, 0.25) is 0 Å². The van der Waals surface area contributed by atoms with E-state index < -0.39 is 18.4 Å². The first-order chi connectivity index (χ1) is 7.89. The van der Waals surface area contributed by atoms with Crippen LogP contribution in [-0.4, -0.2) is 41.2 Å². The largest absolute Gasteiger partial charge is 0.386 e. The Hall–Kier alpha value is -1.40. The highest BCUT2D eigenvalue weighted by atomic mass is 19.3. The van der Waals surface area contributed by atoms with Crippen molar-refractivity contribution in [3.8, 4) is 0 Å². The molecule has 7 heteroatoms. The number of piperidine rings is 1. The van der Waals surface area contributed by atoms with Crippen LogP contribution in [0.5, 0.6) is 0 Å². The van der Waals surface area contributed by atoms with Gasteiger partial charge in [-0.05, 0) is 12.8 Å². The van der Waals surface area contributed by atoms with E-state index in [1.807, 2.05) is 0 Å². The fraction of sp³-hybridized carbons (Fsp3) is 0.800. The maximum Gasteiger partial charge on any atom is 0.252 e. The highest BCUT2D eigenvalue weighted by molar-refractivity contribution is 5.90. The molecule has 0 aromatic heterocycles. The van der Waals surface area contributed by atoms with Crippen LogP contribution in [0.4, 0.5) is 8.78 Å². The van der Waals surface area contributed by atoms with Gasteiger partial charge in [-0.2, -0.15) is 0 Å². The van der Waals surface area contributed by atoms with Gasteiger partial charge in [-0.15, -0.1) is 0 Å². The molecule has 5 N–H and O–H groups in total. The minimum Gasteiger partial charge on any atom is -0.386 e. The maximum absolute atomic E-state index is 13.4. The van der Waals surface area contributed by atoms with Crippen LogP contribution >= 0.6 is 0 Å². The first-order valence-electron chi connectivity index (χ1n) is 5.71. The number of aliphatic imine (C=N–C) groups is 1. The summed E-state index contributed by atoms with van der Waals surface area (Å²) in [5, 5.41) is 7.39. The lowest BCUT2D eigenvalue weighted by Crippen LogP contribution is -2.57. The van der Waals surface area contributed by atoms with Crippen molar-refractivity contribution in [1.82, 2.24) is 4.90 Å². The number of nitrogens with zero attached hydrogens (tertiary/aromatic N) is 2. The van der Waals surface area contributed by atoms with Gasteiger partial charge in [-0.3, -0.25) is 10.4 Å². The molecule has 96 valence electrons. The number of likely N-dealkylation sites (tertiary alicyclic amines) is 1. The molecule has 1 unspecified atom stereocenters. The zero-order valence-electron chi connectivity index (χ0n) is 9.50. The predicted octanol–water partition coefficient (Wildman–Crippen LogP) is 0.499. The molecule has 1 saturated heterocycles. The van der Waals surface area contributed by atoms with Crippen molar-refractivity contribution < 1.29 is 8.78 Å². The Morgan fingerprint density at radius 1 is 1.35 bits per heavy atom. The number of halogens is 2. The van der Waals surface area contributed by atoms with Gasteiger partial charge >= 0.3 is 0 Å². The maximum atomic E-state index is 13.4. The smallest absolute Gasteiger partial charge is 0.252 e. The minimum absolute atomic E-state index is 0.0495. The van der Waals surface area contributed by atoms with E-state index >= 15 is 0 Å². The molecule has 1 saturated carbocycles. The Labute approximate surface area is 98.4 Å². The topological polar surface area (TPSA) is 91.5 Å². The van der Waals surface area contributed by atoms with Crippen LogP contribution in [0.1, 0.15) is 25.7 Å². The molecule has 0 spiro atoms. The molecule has 5 nitrogen and oxygen atoms in total. The van der Waals surface area contributed by atoms with Gasteiger partial charge in [0.1, 0.15) is 5.84 Å². The van der Waals surface area contributed by atoms with Gasteiger partial charge in [0, 0.05) is 19.4 Å². The number of hydrogen-bond acceptors (Lipinski definition) is 2. The molecule has 1 heterocycles. The third kappa shape index (κ3) is 2.83. The van der Waals surface area contributed by atoms with Gasteiger partial charge in [0.05, 0.1) is 12.1 Å². The van der Waals surface area contributed by atoms with Crippen LogP contribution in [0.2, 0.25) is 0 Å². The van der Waals surface area contributed by atoms with Gasteiger partial charge in [-0.1, -0.05) is 0 Å². The van der Waals surface area contributed by atoms with Crippen molar-refractivity contribution >= 4 is 11.8 Å². The minimum atomic E-state index is -2.75. The number of hydrogen-bond donors (Lipinski definition) is 3. The molecule has 1 aliphatic heterocycles. The second-order valence-corrected chi connectivity index (χ2v) is 4.69.